The maximum atomic E-state index is 5.87. The summed E-state index contributed by atoms with van der Waals surface area (Å²) in [6.07, 6.45) is 4.12. The van der Waals surface area contributed by atoms with Gasteiger partial charge in [0.25, 0.3) is 0 Å². The second-order valence-corrected chi connectivity index (χ2v) is 5.79. The zero-order chi connectivity index (χ0) is 16.2. The quantitative estimate of drug-likeness (QED) is 0.596. The highest BCUT2D eigenvalue weighted by Crippen LogP contribution is 2.22. The van der Waals surface area contributed by atoms with E-state index in [1.807, 2.05) is 6.08 Å². The maximum Gasteiger partial charge on any atom is 0.135 e. The lowest BCUT2D eigenvalue weighted by Gasteiger charge is -2.20. The van der Waals surface area contributed by atoms with Gasteiger partial charge in [-0.3, -0.25) is 0 Å². The molecule has 0 N–H and O–H groups in total. The SMILES string of the molecule is CCN(CC)c1ccc(C=Cc2cc3ccc(C)cc3o2)cc1. The first-order valence-corrected chi connectivity index (χ1v) is 8.23. The maximum absolute atomic E-state index is 5.87. The van der Waals surface area contributed by atoms with E-state index >= 15 is 0 Å². The summed E-state index contributed by atoms with van der Waals surface area (Å²) in [4.78, 5) is 2.34. The Hall–Kier alpha value is -2.48. The number of nitrogens with zero attached hydrogens (tertiary/aromatic N) is 1. The van der Waals surface area contributed by atoms with E-state index in [0.29, 0.717) is 0 Å². The van der Waals surface area contributed by atoms with Crippen LogP contribution in [0.15, 0.2) is 52.9 Å². The zero-order valence-corrected chi connectivity index (χ0v) is 14.0. The predicted molar refractivity (Wildman–Crippen MR) is 99.9 cm³/mol. The second-order valence-electron chi connectivity index (χ2n) is 5.79. The fraction of sp³-hybridized carbons (Fsp3) is 0.238. The molecule has 2 aromatic carbocycles. The van der Waals surface area contributed by atoms with E-state index in [4.69, 9.17) is 4.42 Å². The Morgan fingerprint density at radius 2 is 1.65 bits per heavy atom. The third-order valence-corrected chi connectivity index (χ3v) is 4.16. The lowest BCUT2D eigenvalue weighted by atomic mass is 10.1. The molecule has 3 aromatic rings. The van der Waals surface area contributed by atoms with E-state index in [9.17, 15) is 0 Å². The van der Waals surface area contributed by atoms with Gasteiger partial charge in [-0.2, -0.15) is 0 Å². The van der Waals surface area contributed by atoms with Gasteiger partial charge in [0.15, 0.2) is 0 Å². The molecular formula is C21H23NO. The van der Waals surface area contributed by atoms with Crippen LogP contribution in [0.3, 0.4) is 0 Å². The van der Waals surface area contributed by atoms with Gasteiger partial charge in [0, 0.05) is 24.2 Å². The molecule has 0 radical (unpaired) electrons. The Labute approximate surface area is 138 Å². The third-order valence-electron chi connectivity index (χ3n) is 4.16. The summed E-state index contributed by atoms with van der Waals surface area (Å²) in [6.45, 7) is 8.50. The van der Waals surface area contributed by atoms with Gasteiger partial charge in [-0.1, -0.05) is 30.3 Å². The van der Waals surface area contributed by atoms with Crippen LogP contribution < -0.4 is 4.90 Å². The van der Waals surface area contributed by atoms with E-state index in [2.05, 4.69) is 80.3 Å². The van der Waals surface area contributed by atoms with Crippen molar-refractivity contribution in [3.05, 3.63) is 65.4 Å². The largest absolute Gasteiger partial charge is 0.457 e. The minimum absolute atomic E-state index is 0.887. The van der Waals surface area contributed by atoms with Gasteiger partial charge in [0.2, 0.25) is 0 Å². The molecule has 0 fully saturated rings. The fourth-order valence-corrected chi connectivity index (χ4v) is 2.80. The number of hydrogen-bond donors (Lipinski definition) is 0. The highest BCUT2D eigenvalue weighted by molar-refractivity contribution is 5.82. The summed E-state index contributed by atoms with van der Waals surface area (Å²) in [6, 6.07) is 17.0. The van der Waals surface area contributed by atoms with Crippen molar-refractivity contribution < 1.29 is 4.42 Å². The molecule has 3 rings (SSSR count). The van der Waals surface area contributed by atoms with Crippen LogP contribution in [-0.4, -0.2) is 13.1 Å². The topological polar surface area (TPSA) is 16.4 Å². The monoisotopic (exact) mass is 305 g/mol. The molecule has 1 heterocycles. The Bertz CT molecular complexity index is 807. The van der Waals surface area contributed by atoms with Gasteiger partial charge < -0.3 is 9.32 Å². The number of aryl methyl sites for hydroxylation is 1. The van der Waals surface area contributed by atoms with Crippen LogP contribution in [0.4, 0.5) is 5.69 Å². The first-order chi connectivity index (χ1) is 11.2. The molecule has 1 aromatic heterocycles. The van der Waals surface area contributed by atoms with E-state index < -0.39 is 0 Å². The van der Waals surface area contributed by atoms with Crippen molar-refractivity contribution in [3.8, 4) is 0 Å². The van der Waals surface area contributed by atoms with Crippen molar-refractivity contribution in [1.82, 2.24) is 0 Å². The molecule has 118 valence electrons. The summed E-state index contributed by atoms with van der Waals surface area (Å²) >= 11 is 0. The third kappa shape index (κ3) is 3.48. The molecule has 0 spiro atoms. The standard InChI is InChI=1S/C21H23NO/c1-4-22(5-2)19-11-7-17(8-12-19)9-13-20-15-18-10-6-16(3)14-21(18)23-20/h6-15H,4-5H2,1-3H3. The van der Waals surface area contributed by atoms with Gasteiger partial charge in [-0.05, 0) is 62.2 Å². The Kier molecular flexibility index (Phi) is 4.52. The molecule has 0 unspecified atom stereocenters. The summed E-state index contributed by atoms with van der Waals surface area (Å²) < 4.78 is 5.87. The normalized spacial score (nSPS) is 11.4. The van der Waals surface area contributed by atoms with Crippen LogP contribution >= 0.6 is 0 Å². The van der Waals surface area contributed by atoms with E-state index in [0.717, 1.165) is 29.8 Å². The highest BCUT2D eigenvalue weighted by Gasteiger charge is 2.02. The minimum Gasteiger partial charge on any atom is -0.457 e. The van der Waals surface area contributed by atoms with Crippen molar-refractivity contribution in [2.45, 2.75) is 20.8 Å². The van der Waals surface area contributed by atoms with Gasteiger partial charge >= 0.3 is 0 Å². The number of fused-ring (bicyclic) bond motifs is 1. The van der Waals surface area contributed by atoms with Crippen molar-refractivity contribution >= 4 is 28.8 Å². The van der Waals surface area contributed by atoms with Gasteiger partial charge in [-0.15, -0.1) is 0 Å². The molecule has 23 heavy (non-hydrogen) atoms. The van der Waals surface area contributed by atoms with E-state index in [1.54, 1.807) is 0 Å². The average molecular weight is 305 g/mol. The Morgan fingerprint density at radius 3 is 2.35 bits per heavy atom. The van der Waals surface area contributed by atoms with E-state index in [-0.39, 0.29) is 0 Å². The number of anilines is 1. The molecular weight excluding hydrogens is 282 g/mol. The first kappa shape index (κ1) is 15.4. The Balaban J connectivity index is 1.78. The first-order valence-electron chi connectivity index (χ1n) is 8.23. The van der Waals surface area contributed by atoms with Crippen LogP contribution in [0.2, 0.25) is 0 Å². The molecule has 0 saturated heterocycles. The van der Waals surface area contributed by atoms with Crippen LogP contribution in [0.1, 0.15) is 30.7 Å². The van der Waals surface area contributed by atoms with E-state index in [1.165, 1.54) is 16.8 Å². The van der Waals surface area contributed by atoms with Crippen molar-refractivity contribution in [1.29, 1.82) is 0 Å². The smallest absolute Gasteiger partial charge is 0.135 e. The molecule has 2 nitrogen and oxygen atoms in total. The van der Waals surface area contributed by atoms with Crippen LogP contribution in [0.5, 0.6) is 0 Å². The minimum atomic E-state index is 0.887. The summed E-state index contributed by atoms with van der Waals surface area (Å²) in [5.74, 6) is 0.887. The predicted octanol–water partition coefficient (Wildman–Crippen LogP) is 5.76. The fourth-order valence-electron chi connectivity index (χ4n) is 2.80. The number of furan rings is 1. The molecule has 2 heteroatoms. The summed E-state index contributed by atoms with van der Waals surface area (Å²) in [5, 5.41) is 1.15. The number of rotatable bonds is 5. The van der Waals surface area contributed by atoms with Crippen LogP contribution in [0.25, 0.3) is 23.1 Å². The number of hydrogen-bond acceptors (Lipinski definition) is 2. The summed E-state index contributed by atoms with van der Waals surface area (Å²) in [7, 11) is 0. The van der Waals surface area contributed by atoms with Crippen LogP contribution in [-0.2, 0) is 0 Å². The molecule has 0 aliphatic carbocycles. The molecule has 0 amide bonds. The van der Waals surface area contributed by atoms with Crippen molar-refractivity contribution in [2.24, 2.45) is 0 Å². The second kappa shape index (κ2) is 6.74. The lowest BCUT2D eigenvalue weighted by molar-refractivity contribution is 0.604. The highest BCUT2D eigenvalue weighted by atomic mass is 16.3. The van der Waals surface area contributed by atoms with Gasteiger partial charge in [0.05, 0.1) is 0 Å². The lowest BCUT2D eigenvalue weighted by Crippen LogP contribution is -2.21. The molecule has 0 atom stereocenters. The van der Waals surface area contributed by atoms with Crippen molar-refractivity contribution in [2.75, 3.05) is 18.0 Å². The van der Waals surface area contributed by atoms with Crippen LogP contribution in [0, 0.1) is 6.92 Å². The Morgan fingerprint density at radius 1 is 0.913 bits per heavy atom. The van der Waals surface area contributed by atoms with Gasteiger partial charge in [0.1, 0.15) is 11.3 Å². The molecule has 0 aliphatic rings. The van der Waals surface area contributed by atoms with Gasteiger partial charge in [-0.25, -0.2) is 0 Å². The zero-order valence-electron chi connectivity index (χ0n) is 14.0. The number of benzene rings is 2. The average Bonchev–Trinajstić information content (AvgIpc) is 2.97. The molecule has 0 aliphatic heterocycles. The molecule has 0 bridgehead atoms. The summed E-state index contributed by atoms with van der Waals surface area (Å²) in [5.41, 5.74) is 4.61. The van der Waals surface area contributed by atoms with Crippen molar-refractivity contribution in [3.63, 3.8) is 0 Å². The molecule has 0 saturated carbocycles.